The van der Waals surface area contributed by atoms with Crippen LogP contribution in [0.2, 0.25) is 5.02 Å². The van der Waals surface area contributed by atoms with Crippen LogP contribution in [0.1, 0.15) is 40.5 Å². The van der Waals surface area contributed by atoms with Gasteiger partial charge in [0.2, 0.25) is 0 Å². The Hall–Kier alpha value is -1.08. The van der Waals surface area contributed by atoms with Gasteiger partial charge in [-0.3, -0.25) is 9.59 Å². The Morgan fingerprint density at radius 2 is 1.73 bits per heavy atom. The summed E-state index contributed by atoms with van der Waals surface area (Å²) in [6.07, 6.45) is -0.978. The van der Waals surface area contributed by atoms with Crippen LogP contribution >= 0.6 is 11.6 Å². The topological polar surface area (TPSA) is 81.7 Å². The normalized spacial score (nSPS) is 11.7. The molecule has 26 heavy (non-hydrogen) atoms. The molecule has 1 aromatic carbocycles. The Bertz CT molecular complexity index is 613. The first-order chi connectivity index (χ1) is 11.6. The monoisotopic (exact) mass is 392 g/mol. The molecule has 1 unspecified atom stereocenters. The van der Waals surface area contributed by atoms with Crippen LogP contribution in [0.3, 0.4) is 0 Å². The maximum atomic E-state index is 11.9. The number of carbonyl (C=O) groups is 3. The van der Waals surface area contributed by atoms with Crippen LogP contribution in [0.25, 0.3) is 0 Å². The minimum absolute atomic E-state index is 0. The van der Waals surface area contributed by atoms with E-state index in [9.17, 15) is 14.4 Å². The molecule has 0 aliphatic rings. The fraction of sp³-hybridized carbons (Fsp3) is 0.500. The smallest absolute Gasteiger partial charge is 0.439 e. The predicted molar refractivity (Wildman–Crippen MR) is 94.7 cm³/mol. The number of ketones is 1. The second-order valence-electron chi connectivity index (χ2n) is 6.62. The van der Waals surface area contributed by atoms with E-state index in [1.807, 2.05) is 0 Å². The fourth-order valence-corrected chi connectivity index (χ4v) is 2.10. The number of alkyl carbamates (subject to hydrolysis) is 1. The number of carbonyl (C=O) groups excluding carboxylic acids is 3. The van der Waals surface area contributed by atoms with E-state index in [4.69, 9.17) is 21.1 Å². The summed E-state index contributed by atoms with van der Waals surface area (Å²) >= 11 is 5.75. The van der Waals surface area contributed by atoms with Gasteiger partial charge in [0.25, 0.3) is 0 Å². The molecule has 0 saturated carbocycles. The summed E-state index contributed by atoms with van der Waals surface area (Å²) in [6.45, 7) is 7.07. The van der Waals surface area contributed by atoms with E-state index in [-0.39, 0.29) is 48.3 Å². The van der Waals surface area contributed by atoms with Crippen LogP contribution in [-0.4, -0.2) is 30.5 Å². The van der Waals surface area contributed by atoms with E-state index < -0.39 is 23.6 Å². The second kappa shape index (κ2) is 11.6. The Labute approximate surface area is 181 Å². The standard InChI is InChI=1S/C18H24ClNO5.Na/c1-12(16(22)18(2,3)4)24-17(23)20-11-5-6-15(21)25-14-9-7-13(19)8-10-14;/h7-10,12H,5-6,11H2,1-4H3,(H,20,23);/q;+1. The van der Waals surface area contributed by atoms with E-state index in [0.717, 1.165) is 0 Å². The van der Waals surface area contributed by atoms with Gasteiger partial charge >= 0.3 is 41.6 Å². The molecule has 8 heteroatoms. The van der Waals surface area contributed by atoms with Crippen molar-refractivity contribution in [3.05, 3.63) is 29.3 Å². The zero-order chi connectivity index (χ0) is 19.0. The number of benzene rings is 1. The molecule has 1 rings (SSSR count). The molecule has 1 N–H and O–H groups in total. The minimum atomic E-state index is -0.824. The van der Waals surface area contributed by atoms with Gasteiger partial charge in [-0.15, -0.1) is 0 Å². The first kappa shape index (κ1) is 24.9. The Balaban J connectivity index is 0.00000625. The molecule has 1 atom stereocenters. The number of nitrogens with one attached hydrogen (secondary N) is 1. The van der Waals surface area contributed by atoms with Crippen LogP contribution in [0.5, 0.6) is 5.75 Å². The van der Waals surface area contributed by atoms with Crippen molar-refractivity contribution in [1.29, 1.82) is 0 Å². The summed E-state index contributed by atoms with van der Waals surface area (Å²) < 4.78 is 10.1. The predicted octanol–water partition coefficient (Wildman–Crippen LogP) is 0.759. The first-order valence-corrected chi connectivity index (χ1v) is 8.42. The van der Waals surface area contributed by atoms with Crippen LogP contribution in [-0.2, 0) is 14.3 Å². The molecule has 0 aliphatic heterocycles. The number of hydrogen-bond acceptors (Lipinski definition) is 5. The number of hydrogen-bond donors (Lipinski definition) is 1. The van der Waals surface area contributed by atoms with Gasteiger partial charge in [0.05, 0.1) is 0 Å². The van der Waals surface area contributed by atoms with Crippen LogP contribution in [0.15, 0.2) is 24.3 Å². The van der Waals surface area contributed by atoms with E-state index in [1.165, 1.54) is 6.92 Å². The van der Waals surface area contributed by atoms with Crippen molar-refractivity contribution < 1.29 is 53.4 Å². The van der Waals surface area contributed by atoms with Crippen molar-refractivity contribution in [3.8, 4) is 5.75 Å². The van der Waals surface area contributed by atoms with Gasteiger partial charge in [0.15, 0.2) is 11.9 Å². The molecular weight excluding hydrogens is 369 g/mol. The van der Waals surface area contributed by atoms with Gasteiger partial charge in [0.1, 0.15) is 5.75 Å². The Morgan fingerprint density at radius 1 is 1.15 bits per heavy atom. The summed E-state index contributed by atoms with van der Waals surface area (Å²) in [5.41, 5.74) is -0.578. The molecule has 138 valence electrons. The van der Waals surface area contributed by atoms with Crippen molar-refractivity contribution in [1.82, 2.24) is 5.32 Å². The summed E-state index contributed by atoms with van der Waals surface area (Å²) in [4.78, 5) is 35.3. The summed E-state index contributed by atoms with van der Waals surface area (Å²) in [5, 5.41) is 3.07. The first-order valence-electron chi connectivity index (χ1n) is 8.04. The molecule has 0 saturated heterocycles. The maximum absolute atomic E-state index is 11.9. The average Bonchev–Trinajstić information content (AvgIpc) is 2.52. The summed E-state index contributed by atoms with van der Waals surface area (Å²) in [7, 11) is 0. The van der Waals surface area contributed by atoms with E-state index in [2.05, 4.69) is 5.32 Å². The number of ether oxygens (including phenoxy) is 2. The van der Waals surface area contributed by atoms with Crippen molar-refractivity contribution >= 4 is 29.4 Å². The number of Topliss-reactive ketones (excluding diaryl/α,β-unsaturated/α-hetero) is 1. The maximum Gasteiger partial charge on any atom is 1.00 e. The quantitative estimate of drug-likeness (QED) is 0.320. The third-order valence-electron chi connectivity index (χ3n) is 3.26. The third-order valence-corrected chi connectivity index (χ3v) is 3.52. The van der Waals surface area contributed by atoms with Crippen molar-refractivity contribution in [2.45, 2.75) is 46.6 Å². The van der Waals surface area contributed by atoms with Crippen molar-refractivity contribution in [3.63, 3.8) is 0 Å². The van der Waals surface area contributed by atoms with Crippen molar-refractivity contribution in [2.24, 2.45) is 5.41 Å². The second-order valence-corrected chi connectivity index (χ2v) is 7.06. The molecule has 1 aromatic rings. The number of rotatable bonds is 7. The largest absolute Gasteiger partial charge is 1.00 e. The van der Waals surface area contributed by atoms with Gasteiger partial charge in [0, 0.05) is 23.4 Å². The SMILES string of the molecule is CC(OC(=O)NCCCC(=O)Oc1ccc(Cl)cc1)C(=O)C(C)(C)C.[Na+]. The van der Waals surface area contributed by atoms with Gasteiger partial charge in [-0.05, 0) is 37.6 Å². The average molecular weight is 393 g/mol. The molecule has 0 spiro atoms. The summed E-state index contributed by atoms with van der Waals surface area (Å²) in [6, 6.07) is 6.45. The number of esters is 1. The number of halogens is 1. The molecule has 0 radical (unpaired) electrons. The van der Waals surface area contributed by atoms with E-state index in [1.54, 1.807) is 45.0 Å². The fourth-order valence-electron chi connectivity index (χ4n) is 1.97. The van der Waals surface area contributed by atoms with Crippen LogP contribution < -0.4 is 39.6 Å². The zero-order valence-corrected chi connectivity index (χ0v) is 18.7. The Kier molecular flexibility index (Phi) is 11.1. The Morgan fingerprint density at radius 3 is 2.27 bits per heavy atom. The molecule has 1 amide bonds. The van der Waals surface area contributed by atoms with E-state index in [0.29, 0.717) is 17.2 Å². The van der Waals surface area contributed by atoms with E-state index >= 15 is 0 Å². The molecule has 0 aliphatic carbocycles. The van der Waals surface area contributed by atoms with Gasteiger partial charge in [-0.1, -0.05) is 32.4 Å². The van der Waals surface area contributed by atoms with Gasteiger partial charge in [-0.2, -0.15) is 0 Å². The molecular formula is C18H24ClNNaO5+. The molecule has 6 nitrogen and oxygen atoms in total. The third kappa shape index (κ3) is 9.57. The summed E-state index contributed by atoms with van der Waals surface area (Å²) in [5.74, 6) is -0.153. The zero-order valence-electron chi connectivity index (χ0n) is 15.9. The molecule has 0 fully saturated rings. The molecule has 0 aromatic heterocycles. The minimum Gasteiger partial charge on any atom is -0.439 e. The van der Waals surface area contributed by atoms with Gasteiger partial charge in [-0.25, -0.2) is 4.79 Å². The van der Waals surface area contributed by atoms with Crippen molar-refractivity contribution in [2.75, 3.05) is 6.54 Å². The number of amides is 1. The molecule has 0 heterocycles. The molecule has 0 bridgehead atoms. The van der Waals surface area contributed by atoms with Crippen LogP contribution in [0, 0.1) is 5.41 Å². The van der Waals surface area contributed by atoms with Gasteiger partial charge < -0.3 is 14.8 Å². The van der Waals surface area contributed by atoms with Crippen LogP contribution in [0.4, 0.5) is 4.79 Å².